The predicted octanol–water partition coefficient (Wildman–Crippen LogP) is 4.92. The van der Waals surface area contributed by atoms with Gasteiger partial charge in [-0.2, -0.15) is 17.5 Å². The molecule has 3 aromatic rings. The molecule has 1 saturated heterocycles. The van der Waals surface area contributed by atoms with Gasteiger partial charge in [-0.05, 0) is 66.6 Å². The number of sulfonamides is 1. The number of morpholine rings is 1. The number of fused-ring (bicyclic) bond motifs is 1. The number of ether oxygens (including phenoxy) is 1. The lowest BCUT2D eigenvalue weighted by molar-refractivity contribution is -0.137. The highest BCUT2D eigenvalue weighted by molar-refractivity contribution is 7.89. The minimum Gasteiger partial charge on any atom is -0.378 e. The number of nitrogens with zero attached hydrogens (tertiary/aromatic N) is 1. The molecule has 5 rings (SSSR count). The SMILES string of the molecule is O=C(CC[C@H]1CN(S(=O)(=O)c2cccc(C(F)(F)F)c2)C2CC(c3ccc(F)cc3F)CCC2O1)N[Si]c1ccccc1. The van der Waals surface area contributed by atoms with E-state index in [1.165, 1.54) is 6.07 Å². The van der Waals surface area contributed by atoms with Gasteiger partial charge >= 0.3 is 6.18 Å². The van der Waals surface area contributed by atoms with Crippen LogP contribution < -0.4 is 10.2 Å². The fraction of sp³-hybridized carbons (Fsp3) is 0.367. The Morgan fingerprint density at radius 2 is 1.77 bits per heavy atom. The van der Waals surface area contributed by atoms with Crippen molar-refractivity contribution in [3.63, 3.8) is 0 Å². The number of nitrogens with one attached hydrogen (secondary N) is 1. The van der Waals surface area contributed by atoms with Gasteiger partial charge in [-0.15, -0.1) is 0 Å². The molecule has 1 heterocycles. The summed E-state index contributed by atoms with van der Waals surface area (Å²) in [6, 6.07) is 15.4. The van der Waals surface area contributed by atoms with Crippen LogP contribution in [0.25, 0.3) is 0 Å². The molecule has 0 aromatic heterocycles. The minimum atomic E-state index is -4.74. The Hall–Kier alpha value is -3.13. The zero-order valence-corrected chi connectivity index (χ0v) is 24.7. The molecule has 1 N–H and O–H groups in total. The maximum Gasteiger partial charge on any atom is 0.416 e. The third-order valence-electron chi connectivity index (χ3n) is 7.86. The van der Waals surface area contributed by atoms with Gasteiger partial charge in [-0.25, -0.2) is 17.2 Å². The fourth-order valence-electron chi connectivity index (χ4n) is 5.74. The summed E-state index contributed by atoms with van der Waals surface area (Å²) in [5, 5.41) is 0.945. The van der Waals surface area contributed by atoms with Gasteiger partial charge in [0.2, 0.25) is 25.6 Å². The summed E-state index contributed by atoms with van der Waals surface area (Å²) < 4.78 is 104. The van der Waals surface area contributed by atoms with Gasteiger partial charge in [0, 0.05) is 19.0 Å². The number of rotatable bonds is 8. The van der Waals surface area contributed by atoms with Crippen LogP contribution in [-0.2, 0) is 25.7 Å². The highest BCUT2D eigenvalue weighted by Crippen LogP contribution is 2.42. The van der Waals surface area contributed by atoms with E-state index in [1.807, 2.05) is 30.3 Å². The number of hydrogen-bond donors (Lipinski definition) is 1. The van der Waals surface area contributed by atoms with Crippen molar-refractivity contribution in [3.05, 3.63) is 95.6 Å². The van der Waals surface area contributed by atoms with Gasteiger partial charge < -0.3 is 9.72 Å². The van der Waals surface area contributed by atoms with Crippen molar-refractivity contribution < 1.29 is 39.9 Å². The molecule has 0 bridgehead atoms. The van der Waals surface area contributed by atoms with Crippen LogP contribution in [-0.4, -0.2) is 53.1 Å². The minimum absolute atomic E-state index is 0.0535. The molecule has 3 unspecified atom stereocenters. The normalized spacial score (nSPS) is 23.0. The third kappa shape index (κ3) is 7.33. The van der Waals surface area contributed by atoms with Crippen LogP contribution in [0.3, 0.4) is 0 Å². The third-order valence-corrected chi connectivity index (χ3v) is 10.8. The average molecular weight is 637 g/mol. The van der Waals surface area contributed by atoms with Crippen LogP contribution in [0.15, 0.2) is 77.7 Å². The van der Waals surface area contributed by atoms with Crippen molar-refractivity contribution in [1.29, 1.82) is 0 Å². The highest BCUT2D eigenvalue weighted by Gasteiger charge is 2.47. The summed E-state index contributed by atoms with van der Waals surface area (Å²) in [5.74, 6) is -2.17. The lowest BCUT2D eigenvalue weighted by Crippen LogP contribution is -2.58. The van der Waals surface area contributed by atoms with E-state index in [0.717, 1.165) is 39.8 Å². The zero-order valence-electron chi connectivity index (χ0n) is 22.9. The smallest absolute Gasteiger partial charge is 0.378 e. The Labute approximate surface area is 249 Å². The van der Waals surface area contributed by atoms with Crippen molar-refractivity contribution in [2.24, 2.45) is 0 Å². The van der Waals surface area contributed by atoms with E-state index in [2.05, 4.69) is 4.98 Å². The molecule has 1 amide bonds. The Kier molecular flexibility index (Phi) is 9.35. The maximum atomic E-state index is 14.7. The van der Waals surface area contributed by atoms with E-state index in [1.54, 1.807) is 0 Å². The van der Waals surface area contributed by atoms with Gasteiger partial charge in [-0.3, -0.25) is 4.79 Å². The fourth-order valence-corrected chi connectivity index (χ4v) is 8.25. The summed E-state index contributed by atoms with van der Waals surface area (Å²) in [6.45, 7) is -0.188. The Morgan fingerprint density at radius 1 is 1.00 bits per heavy atom. The van der Waals surface area contributed by atoms with Crippen molar-refractivity contribution in [2.45, 2.75) is 67.3 Å². The Morgan fingerprint density at radius 3 is 2.49 bits per heavy atom. The number of amides is 1. The summed E-state index contributed by atoms with van der Waals surface area (Å²) in [4.78, 5) is 14.9. The largest absolute Gasteiger partial charge is 0.416 e. The first-order valence-corrected chi connectivity index (χ1v) is 16.3. The predicted molar refractivity (Wildman–Crippen MR) is 150 cm³/mol. The topological polar surface area (TPSA) is 75.7 Å². The van der Waals surface area contributed by atoms with E-state index < -0.39 is 62.5 Å². The Bertz CT molecular complexity index is 1560. The molecule has 43 heavy (non-hydrogen) atoms. The molecule has 13 heteroatoms. The van der Waals surface area contributed by atoms with Crippen LogP contribution in [0.5, 0.6) is 0 Å². The number of carbonyl (C=O) groups is 1. The molecule has 6 nitrogen and oxygen atoms in total. The molecule has 2 fully saturated rings. The molecule has 0 spiro atoms. The molecule has 2 radical (unpaired) electrons. The first kappa shape index (κ1) is 31.3. The van der Waals surface area contributed by atoms with Crippen LogP contribution in [0.1, 0.15) is 49.1 Å². The van der Waals surface area contributed by atoms with Crippen molar-refractivity contribution >= 4 is 30.8 Å². The molecular weight excluding hydrogens is 607 g/mol. The molecule has 4 atom stereocenters. The first-order chi connectivity index (χ1) is 20.4. The van der Waals surface area contributed by atoms with Gasteiger partial charge in [0.1, 0.15) is 11.6 Å². The van der Waals surface area contributed by atoms with E-state index in [4.69, 9.17) is 4.74 Å². The number of carbonyl (C=O) groups excluding carboxylic acids is 1. The standard InChI is InChI=1S/C30H29F5N2O4SSi/c31-21-10-12-25(26(32)17-21)19-9-13-28-27(15-19)37(42(39,40)23-6-4-5-20(16-23)30(33,34)35)18-22(41-28)11-14-29(38)36-43-24-7-2-1-3-8-24/h1-8,10,12,16-17,19,22,27-28H,9,11,13-15,18H2,(H,36,38)/t19?,22-,27?,28?/m0/s1. The van der Waals surface area contributed by atoms with E-state index in [-0.39, 0.29) is 47.0 Å². The molecule has 1 saturated carbocycles. The highest BCUT2D eigenvalue weighted by atomic mass is 32.2. The molecular formula is C30H29F5N2O4SSi. The molecule has 228 valence electrons. The number of hydrogen-bond acceptors (Lipinski definition) is 4. The van der Waals surface area contributed by atoms with Crippen molar-refractivity contribution in [1.82, 2.24) is 9.29 Å². The number of benzene rings is 3. The zero-order chi connectivity index (χ0) is 30.8. The summed E-state index contributed by atoms with van der Waals surface area (Å²) >= 11 is 0. The molecule has 1 aliphatic carbocycles. The Balaban J connectivity index is 1.37. The van der Waals surface area contributed by atoms with Crippen molar-refractivity contribution in [2.75, 3.05) is 6.54 Å². The summed E-state index contributed by atoms with van der Waals surface area (Å²) in [5.41, 5.74) is -0.852. The van der Waals surface area contributed by atoms with Gasteiger partial charge in [0.25, 0.3) is 0 Å². The second kappa shape index (κ2) is 12.8. The molecule has 3 aromatic carbocycles. The van der Waals surface area contributed by atoms with Gasteiger partial charge in [0.15, 0.2) is 0 Å². The van der Waals surface area contributed by atoms with Gasteiger partial charge in [-0.1, -0.05) is 42.5 Å². The van der Waals surface area contributed by atoms with E-state index in [9.17, 15) is 35.2 Å². The monoisotopic (exact) mass is 636 g/mol. The lowest BCUT2D eigenvalue weighted by atomic mass is 9.78. The second-order valence-electron chi connectivity index (χ2n) is 10.7. The van der Waals surface area contributed by atoms with Crippen LogP contribution in [0.4, 0.5) is 22.0 Å². The number of alkyl halides is 3. The van der Waals surface area contributed by atoms with Crippen molar-refractivity contribution in [3.8, 4) is 0 Å². The molecule has 2 aliphatic rings. The average Bonchev–Trinajstić information content (AvgIpc) is 2.98. The summed E-state index contributed by atoms with van der Waals surface area (Å²) in [7, 11) is -4.40. The second-order valence-corrected chi connectivity index (χ2v) is 13.7. The van der Waals surface area contributed by atoms with Crippen LogP contribution in [0, 0.1) is 11.6 Å². The molecule has 1 aliphatic heterocycles. The lowest BCUT2D eigenvalue weighted by Gasteiger charge is -2.48. The maximum absolute atomic E-state index is 14.7. The van der Waals surface area contributed by atoms with Gasteiger partial charge in [0.05, 0.1) is 28.7 Å². The first-order valence-electron chi connectivity index (χ1n) is 13.8. The quantitative estimate of drug-likeness (QED) is 0.282. The van der Waals surface area contributed by atoms with E-state index in [0.29, 0.717) is 18.9 Å². The summed E-state index contributed by atoms with van der Waals surface area (Å²) in [6.07, 6.45) is -4.88. The van der Waals surface area contributed by atoms with E-state index >= 15 is 0 Å². The number of halogens is 5. The van der Waals surface area contributed by atoms with Crippen LogP contribution in [0.2, 0.25) is 0 Å². The van der Waals surface area contributed by atoms with Crippen LogP contribution >= 0.6 is 0 Å².